The minimum atomic E-state index is -0.0299. The summed E-state index contributed by atoms with van der Waals surface area (Å²) in [6.07, 6.45) is 3.20. The van der Waals surface area contributed by atoms with E-state index in [4.69, 9.17) is 0 Å². The van der Waals surface area contributed by atoms with Crippen LogP contribution in [0.1, 0.15) is 19.3 Å². The van der Waals surface area contributed by atoms with Gasteiger partial charge in [-0.15, -0.1) is 0 Å². The Labute approximate surface area is 71.0 Å². The van der Waals surface area contributed by atoms with Crippen molar-refractivity contribution in [3.05, 3.63) is 11.3 Å². The van der Waals surface area contributed by atoms with Gasteiger partial charge in [0.15, 0.2) is 5.78 Å². The first-order valence-electron chi connectivity index (χ1n) is 3.91. The largest absolute Gasteiger partial charge is 0.512 e. The predicted octanol–water partition coefficient (Wildman–Crippen LogP) is 0.757. The topological polar surface area (TPSA) is 61.7 Å². The number of hydrogen-bond acceptors (Lipinski definition) is 4. The predicted molar refractivity (Wildman–Crippen MR) is 46.1 cm³/mol. The van der Waals surface area contributed by atoms with Crippen LogP contribution in [-0.4, -0.2) is 24.2 Å². The third-order valence-electron chi connectivity index (χ3n) is 1.75. The van der Waals surface area contributed by atoms with Crippen molar-refractivity contribution >= 4 is 12.0 Å². The molecule has 1 aliphatic rings. The maximum Gasteiger partial charge on any atom is 0.167 e. The number of ketones is 1. The fraction of sp³-hybridized carbons (Fsp3) is 0.500. The molecule has 0 spiro atoms. The summed E-state index contributed by atoms with van der Waals surface area (Å²) in [4.78, 5) is 11.2. The Morgan fingerprint density at radius 2 is 2.33 bits per heavy atom. The summed E-state index contributed by atoms with van der Waals surface area (Å²) in [5.74, 6) is 0.128. The number of allylic oxidation sites excluding steroid dienone is 2. The molecule has 0 unspecified atom stereocenters. The zero-order chi connectivity index (χ0) is 8.97. The monoisotopic (exact) mass is 168 g/mol. The average Bonchev–Trinajstić information content (AvgIpc) is 2.04. The summed E-state index contributed by atoms with van der Waals surface area (Å²) in [6.45, 7) is 0. The van der Waals surface area contributed by atoms with Gasteiger partial charge >= 0.3 is 0 Å². The van der Waals surface area contributed by atoms with Crippen LogP contribution in [0.25, 0.3) is 0 Å². The number of rotatable bonds is 2. The quantitative estimate of drug-likeness (QED) is 0.472. The van der Waals surface area contributed by atoms with Crippen LogP contribution >= 0.6 is 0 Å². The van der Waals surface area contributed by atoms with E-state index >= 15 is 0 Å². The molecule has 4 heteroatoms. The molecule has 0 aromatic rings. The van der Waals surface area contributed by atoms with Crippen LogP contribution < -0.4 is 5.43 Å². The second kappa shape index (κ2) is 3.90. The highest BCUT2D eigenvalue weighted by atomic mass is 16.3. The molecule has 0 bridgehead atoms. The van der Waals surface area contributed by atoms with Gasteiger partial charge in [-0.1, -0.05) is 0 Å². The lowest BCUT2D eigenvalue weighted by Crippen LogP contribution is -2.13. The molecule has 0 heterocycles. The summed E-state index contributed by atoms with van der Waals surface area (Å²) in [5.41, 5.74) is 2.87. The summed E-state index contributed by atoms with van der Waals surface area (Å²) < 4.78 is 0. The second-order valence-corrected chi connectivity index (χ2v) is 2.62. The second-order valence-electron chi connectivity index (χ2n) is 2.62. The van der Waals surface area contributed by atoms with Gasteiger partial charge in [-0.25, -0.2) is 0 Å². The highest BCUT2D eigenvalue weighted by Crippen LogP contribution is 2.18. The average molecular weight is 168 g/mol. The van der Waals surface area contributed by atoms with E-state index in [2.05, 4.69) is 10.5 Å². The van der Waals surface area contributed by atoms with Gasteiger partial charge in [0.25, 0.3) is 0 Å². The van der Waals surface area contributed by atoms with Crippen molar-refractivity contribution in [2.75, 3.05) is 7.05 Å². The zero-order valence-electron chi connectivity index (χ0n) is 7.00. The summed E-state index contributed by atoms with van der Waals surface area (Å²) in [5, 5.41) is 13.0. The third kappa shape index (κ3) is 1.84. The summed E-state index contributed by atoms with van der Waals surface area (Å²) in [6, 6.07) is 0. The molecule has 0 saturated heterocycles. The highest BCUT2D eigenvalue weighted by molar-refractivity contribution is 6.14. The number of nitrogens with one attached hydrogen (secondary N) is 1. The fourth-order valence-corrected chi connectivity index (χ4v) is 1.12. The molecule has 0 amide bonds. The molecule has 12 heavy (non-hydrogen) atoms. The molecular weight excluding hydrogens is 156 g/mol. The first-order chi connectivity index (χ1) is 5.75. The maximum absolute atomic E-state index is 11.2. The van der Waals surface area contributed by atoms with E-state index in [1.54, 1.807) is 7.05 Å². The van der Waals surface area contributed by atoms with Crippen molar-refractivity contribution in [3.63, 3.8) is 0 Å². The summed E-state index contributed by atoms with van der Waals surface area (Å²) in [7, 11) is 1.64. The van der Waals surface area contributed by atoms with Gasteiger partial charge < -0.3 is 10.5 Å². The van der Waals surface area contributed by atoms with Gasteiger partial charge in [0.1, 0.15) is 5.76 Å². The van der Waals surface area contributed by atoms with E-state index in [1.807, 2.05) is 0 Å². The standard InChI is InChI=1S/C8H12N2O2/c1-9-10-5-6-7(11)3-2-4-8(6)12/h5,9,11H,2-4H2,1H3/b10-5+. The van der Waals surface area contributed by atoms with Gasteiger partial charge in [0, 0.05) is 19.9 Å². The third-order valence-corrected chi connectivity index (χ3v) is 1.75. The molecular formula is C8H12N2O2. The molecule has 0 aliphatic heterocycles. The normalized spacial score (nSPS) is 18.9. The fourth-order valence-electron chi connectivity index (χ4n) is 1.12. The Morgan fingerprint density at radius 3 is 2.92 bits per heavy atom. The van der Waals surface area contributed by atoms with E-state index in [0.29, 0.717) is 18.4 Å². The lowest BCUT2D eigenvalue weighted by Gasteiger charge is -2.10. The number of Topliss-reactive ketones (excluding diaryl/α,β-unsaturated/α-hetero) is 1. The first-order valence-corrected chi connectivity index (χ1v) is 3.91. The first kappa shape index (κ1) is 8.77. The number of nitrogens with zero attached hydrogens (tertiary/aromatic N) is 1. The van der Waals surface area contributed by atoms with Gasteiger partial charge in [0.2, 0.25) is 0 Å². The van der Waals surface area contributed by atoms with Gasteiger partial charge in [-0.2, -0.15) is 5.10 Å². The minimum Gasteiger partial charge on any atom is -0.512 e. The van der Waals surface area contributed by atoms with Crippen molar-refractivity contribution in [1.82, 2.24) is 5.43 Å². The number of hydrogen-bond donors (Lipinski definition) is 2. The van der Waals surface area contributed by atoms with E-state index in [-0.39, 0.29) is 11.5 Å². The van der Waals surface area contributed by atoms with Crippen LogP contribution in [0, 0.1) is 0 Å². The molecule has 1 aliphatic carbocycles. The van der Waals surface area contributed by atoms with Crippen LogP contribution in [0.2, 0.25) is 0 Å². The van der Waals surface area contributed by atoms with E-state index < -0.39 is 0 Å². The Bertz CT molecular complexity index is 243. The van der Waals surface area contributed by atoms with Gasteiger partial charge in [-0.05, 0) is 6.42 Å². The molecule has 0 saturated carbocycles. The number of hydrazone groups is 1. The summed E-state index contributed by atoms with van der Waals surface area (Å²) >= 11 is 0. The Balaban J connectivity index is 2.81. The van der Waals surface area contributed by atoms with E-state index in [1.165, 1.54) is 6.21 Å². The Hall–Kier alpha value is -1.32. The van der Waals surface area contributed by atoms with E-state index in [0.717, 1.165) is 6.42 Å². The molecule has 0 aromatic heterocycles. The van der Waals surface area contributed by atoms with Crippen molar-refractivity contribution in [3.8, 4) is 0 Å². The number of aliphatic hydroxyl groups excluding tert-OH is 1. The number of carbonyl (C=O) groups is 1. The Morgan fingerprint density at radius 1 is 1.58 bits per heavy atom. The van der Waals surface area contributed by atoms with Crippen molar-refractivity contribution in [2.45, 2.75) is 19.3 Å². The van der Waals surface area contributed by atoms with Crippen LogP contribution in [0.4, 0.5) is 0 Å². The molecule has 1 rings (SSSR count). The molecule has 0 atom stereocenters. The SMILES string of the molecule is CN/N=C/C1=C(O)CCCC1=O. The molecule has 4 nitrogen and oxygen atoms in total. The van der Waals surface area contributed by atoms with Crippen molar-refractivity contribution in [1.29, 1.82) is 0 Å². The van der Waals surface area contributed by atoms with Crippen LogP contribution in [0.5, 0.6) is 0 Å². The van der Waals surface area contributed by atoms with Crippen LogP contribution in [0.15, 0.2) is 16.4 Å². The molecule has 2 N–H and O–H groups in total. The van der Waals surface area contributed by atoms with E-state index in [9.17, 15) is 9.90 Å². The van der Waals surface area contributed by atoms with Gasteiger partial charge in [0.05, 0.1) is 11.8 Å². The number of carbonyl (C=O) groups excluding carboxylic acids is 1. The molecule has 66 valence electrons. The maximum atomic E-state index is 11.2. The van der Waals surface area contributed by atoms with Crippen molar-refractivity contribution in [2.24, 2.45) is 5.10 Å². The highest BCUT2D eigenvalue weighted by Gasteiger charge is 2.18. The van der Waals surface area contributed by atoms with Crippen LogP contribution in [-0.2, 0) is 4.79 Å². The number of aliphatic hydroxyl groups is 1. The minimum absolute atomic E-state index is 0.0299. The van der Waals surface area contributed by atoms with Crippen LogP contribution in [0.3, 0.4) is 0 Å². The molecule has 0 radical (unpaired) electrons. The lowest BCUT2D eigenvalue weighted by molar-refractivity contribution is -0.115. The van der Waals surface area contributed by atoms with Gasteiger partial charge in [-0.3, -0.25) is 4.79 Å². The molecule has 0 fully saturated rings. The zero-order valence-corrected chi connectivity index (χ0v) is 7.00. The lowest BCUT2D eigenvalue weighted by atomic mass is 9.97. The van der Waals surface area contributed by atoms with Crippen molar-refractivity contribution < 1.29 is 9.90 Å². The Kier molecular flexibility index (Phi) is 2.85. The molecule has 0 aromatic carbocycles. The smallest absolute Gasteiger partial charge is 0.167 e.